The molecule has 0 N–H and O–H groups in total. The monoisotopic (exact) mass is 550 g/mol. The van der Waals surface area contributed by atoms with E-state index in [1.165, 1.54) is 16.7 Å². The van der Waals surface area contributed by atoms with E-state index in [9.17, 15) is 0 Å². The van der Waals surface area contributed by atoms with Crippen molar-refractivity contribution in [3.05, 3.63) is 158 Å². The number of para-hydroxylation sites is 1. The van der Waals surface area contributed by atoms with Gasteiger partial charge in [-0.15, -0.1) is 0 Å². The average molecular weight is 551 g/mol. The minimum Gasteiger partial charge on any atom is -0.452 e. The minimum absolute atomic E-state index is 0.671. The summed E-state index contributed by atoms with van der Waals surface area (Å²) in [7, 11) is 0. The van der Waals surface area contributed by atoms with Gasteiger partial charge in [0.25, 0.3) is 0 Å². The lowest BCUT2D eigenvalue weighted by Gasteiger charge is -2.09. The molecule has 6 aromatic carbocycles. The van der Waals surface area contributed by atoms with Gasteiger partial charge in [0.15, 0.2) is 11.4 Å². The summed E-state index contributed by atoms with van der Waals surface area (Å²) in [5, 5.41) is 0.983. The highest BCUT2D eigenvalue weighted by atomic mass is 16.3. The van der Waals surface area contributed by atoms with Gasteiger partial charge < -0.3 is 4.42 Å². The molecule has 0 atom stereocenters. The van der Waals surface area contributed by atoms with Crippen LogP contribution in [-0.2, 0) is 0 Å². The lowest BCUT2D eigenvalue weighted by molar-refractivity contribution is 0.667. The van der Waals surface area contributed by atoms with Crippen LogP contribution in [0.25, 0.3) is 78.1 Å². The van der Waals surface area contributed by atoms with Gasteiger partial charge in [-0.3, -0.25) is 0 Å². The second-order valence-corrected chi connectivity index (χ2v) is 10.6. The van der Waals surface area contributed by atoms with Gasteiger partial charge in [-0.25, -0.2) is 9.97 Å². The number of hydrogen-bond acceptors (Lipinski definition) is 3. The van der Waals surface area contributed by atoms with Crippen molar-refractivity contribution < 1.29 is 4.42 Å². The van der Waals surface area contributed by atoms with E-state index in [1.54, 1.807) is 0 Å². The van der Waals surface area contributed by atoms with E-state index in [0.29, 0.717) is 11.4 Å². The van der Waals surface area contributed by atoms with Gasteiger partial charge in [-0.05, 0) is 51.6 Å². The molecule has 0 amide bonds. The highest BCUT2D eigenvalue weighted by Crippen LogP contribution is 2.37. The molecule has 0 fully saturated rings. The van der Waals surface area contributed by atoms with Crippen molar-refractivity contribution in [3.8, 4) is 56.0 Å². The van der Waals surface area contributed by atoms with Gasteiger partial charge in [0.1, 0.15) is 16.8 Å². The summed E-state index contributed by atoms with van der Waals surface area (Å²) >= 11 is 0. The van der Waals surface area contributed by atoms with E-state index in [4.69, 9.17) is 14.4 Å². The zero-order valence-corrected chi connectivity index (χ0v) is 23.3. The Hall–Kier alpha value is -5.80. The summed E-state index contributed by atoms with van der Waals surface area (Å²) in [6.45, 7) is 0. The molecular weight excluding hydrogens is 524 g/mol. The van der Waals surface area contributed by atoms with Gasteiger partial charge in [0, 0.05) is 16.5 Å². The highest BCUT2D eigenvalue weighted by Gasteiger charge is 2.18. The van der Waals surface area contributed by atoms with Crippen molar-refractivity contribution in [1.82, 2.24) is 9.97 Å². The molecule has 0 aliphatic heterocycles. The minimum atomic E-state index is 0.671. The van der Waals surface area contributed by atoms with Crippen molar-refractivity contribution in [2.45, 2.75) is 0 Å². The molecule has 3 nitrogen and oxygen atoms in total. The van der Waals surface area contributed by atoms with Crippen LogP contribution < -0.4 is 0 Å². The van der Waals surface area contributed by atoms with Crippen LogP contribution in [0.5, 0.6) is 0 Å². The molecule has 0 aliphatic carbocycles. The molecular formula is C40H26N2O. The van der Waals surface area contributed by atoms with Gasteiger partial charge >= 0.3 is 0 Å². The Balaban J connectivity index is 1.21. The topological polar surface area (TPSA) is 38.9 Å². The SMILES string of the molecule is c1ccc(-c2ccc(-c3ccc(-c4nc(-c5cccc(-c6ccccc6)c5)c5oc6ccccc6c5n4)cc3)cc2)cc1. The Morgan fingerprint density at radius 3 is 1.51 bits per heavy atom. The van der Waals surface area contributed by atoms with E-state index in [2.05, 4.69) is 127 Å². The summed E-state index contributed by atoms with van der Waals surface area (Å²) < 4.78 is 6.37. The molecule has 2 heterocycles. The normalized spacial score (nSPS) is 11.3. The molecule has 0 unspecified atom stereocenters. The van der Waals surface area contributed by atoms with Gasteiger partial charge in [0.2, 0.25) is 0 Å². The zero-order chi connectivity index (χ0) is 28.6. The number of rotatable bonds is 5. The van der Waals surface area contributed by atoms with Gasteiger partial charge in [0.05, 0.1) is 0 Å². The number of fused-ring (bicyclic) bond motifs is 3. The van der Waals surface area contributed by atoms with Gasteiger partial charge in [-0.1, -0.05) is 140 Å². The smallest absolute Gasteiger partial charge is 0.180 e. The highest BCUT2D eigenvalue weighted by molar-refractivity contribution is 6.07. The molecule has 2 aromatic heterocycles. The maximum absolute atomic E-state index is 6.37. The zero-order valence-electron chi connectivity index (χ0n) is 23.3. The number of aromatic nitrogens is 2. The summed E-state index contributed by atoms with van der Waals surface area (Å²) in [5.74, 6) is 0.671. The molecule has 3 heteroatoms. The van der Waals surface area contributed by atoms with Crippen LogP contribution in [0.2, 0.25) is 0 Å². The molecule has 202 valence electrons. The van der Waals surface area contributed by atoms with E-state index in [-0.39, 0.29) is 0 Å². The number of furan rings is 1. The Bertz CT molecular complexity index is 2200. The molecule has 0 bridgehead atoms. The van der Waals surface area contributed by atoms with E-state index in [0.717, 1.165) is 50.0 Å². The largest absolute Gasteiger partial charge is 0.452 e. The summed E-state index contributed by atoms with van der Waals surface area (Å²) in [6.07, 6.45) is 0. The predicted molar refractivity (Wildman–Crippen MR) is 176 cm³/mol. The third kappa shape index (κ3) is 4.67. The third-order valence-electron chi connectivity index (χ3n) is 7.93. The van der Waals surface area contributed by atoms with E-state index in [1.807, 2.05) is 30.3 Å². The first-order chi connectivity index (χ1) is 21.3. The summed E-state index contributed by atoms with van der Waals surface area (Å²) in [6, 6.07) is 54.6. The van der Waals surface area contributed by atoms with Crippen molar-refractivity contribution >= 4 is 22.1 Å². The first-order valence-electron chi connectivity index (χ1n) is 14.4. The molecule has 0 radical (unpaired) electrons. The summed E-state index contributed by atoms with van der Waals surface area (Å²) in [4.78, 5) is 10.2. The fraction of sp³-hybridized carbons (Fsp3) is 0. The Labute approximate surface area is 249 Å². The van der Waals surface area contributed by atoms with Crippen molar-refractivity contribution in [2.75, 3.05) is 0 Å². The van der Waals surface area contributed by atoms with Crippen LogP contribution in [0.15, 0.2) is 162 Å². The second kappa shape index (κ2) is 10.6. The standard InChI is InChI=1S/C40H26N2O/c1-3-10-27(11-4-1)29-18-20-30(21-19-29)31-22-24-32(25-23-31)40-41-37(39-38(42-40)35-16-7-8-17-36(35)43-39)34-15-9-14-33(26-34)28-12-5-2-6-13-28/h1-26H. The quantitative estimate of drug-likeness (QED) is 0.214. The van der Waals surface area contributed by atoms with Crippen molar-refractivity contribution in [2.24, 2.45) is 0 Å². The Morgan fingerprint density at radius 2 is 0.860 bits per heavy atom. The molecule has 8 rings (SSSR count). The van der Waals surface area contributed by atoms with Crippen LogP contribution >= 0.6 is 0 Å². The second-order valence-electron chi connectivity index (χ2n) is 10.6. The fourth-order valence-corrected chi connectivity index (χ4v) is 5.69. The molecule has 0 aliphatic rings. The number of nitrogens with zero attached hydrogens (tertiary/aromatic N) is 2. The fourth-order valence-electron chi connectivity index (χ4n) is 5.69. The van der Waals surface area contributed by atoms with Crippen molar-refractivity contribution in [1.29, 1.82) is 0 Å². The average Bonchev–Trinajstić information content (AvgIpc) is 3.48. The van der Waals surface area contributed by atoms with Crippen LogP contribution in [0.4, 0.5) is 0 Å². The molecule has 0 saturated carbocycles. The molecule has 43 heavy (non-hydrogen) atoms. The van der Waals surface area contributed by atoms with Crippen LogP contribution in [0, 0.1) is 0 Å². The van der Waals surface area contributed by atoms with Gasteiger partial charge in [-0.2, -0.15) is 0 Å². The molecule has 0 spiro atoms. The van der Waals surface area contributed by atoms with Crippen LogP contribution in [-0.4, -0.2) is 9.97 Å². The van der Waals surface area contributed by atoms with E-state index < -0.39 is 0 Å². The lowest BCUT2D eigenvalue weighted by Crippen LogP contribution is -1.94. The number of hydrogen-bond donors (Lipinski definition) is 0. The maximum atomic E-state index is 6.37. The molecule has 8 aromatic rings. The number of benzene rings is 6. The Kier molecular flexibility index (Phi) is 6.12. The first-order valence-corrected chi connectivity index (χ1v) is 14.4. The molecule has 0 saturated heterocycles. The predicted octanol–water partition coefficient (Wildman–Crippen LogP) is 10.7. The maximum Gasteiger partial charge on any atom is 0.180 e. The van der Waals surface area contributed by atoms with Crippen molar-refractivity contribution in [3.63, 3.8) is 0 Å². The summed E-state index contributed by atoms with van der Waals surface area (Å²) in [5.41, 5.74) is 12.1. The van der Waals surface area contributed by atoms with E-state index >= 15 is 0 Å². The lowest BCUT2D eigenvalue weighted by atomic mass is 9.99. The third-order valence-corrected chi connectivity index (χ3v) is 7.93. The van der Waals surface area contributed by atoms with Crippen LogP contribution in [0.3, 0.4) is 0 Å². The van der Waals surface area contributed by atoms with Crippen LogP contribution in [0.1, 0.15) is 0 Å². The Morgan fingerprint density at radius 1 is 0.372 bits per heavy atom. The first kappa shape index (κ1) is 25.0.